The van der Waals surface area contributed by atoms with E-state index in [0.717, 1.165) is 19.8 Å². The first-order valence-electron chi connectivity index (χ1n) is 6.42. The standard InChI is InChI=1S/C12H22O7/c1-3-4-5-17-6-8-9(14)10(15)11(12(16)19-8)18-7(2)13/h8-12,14-16H,3-6H2,1-2H3/t8?,9-,10?,11-,12+/m1/s1. The van der Waals surface area contributed by atoms with Crippen LogP contribution < -0.4 is 0 Å². The van der Waals surface area contributed by atoms with Gasteiger partial charge in [-0.3, -0.25) is 4.79 Å². The molecule has 0 aromatic rings. The van der Waals surface area contributed by atoms with Gasteiger partial charge >= 0.3 is 5.97 Å². The fourth-order valence-corrected chi connectivity index (χ4v) is 1.82. The van der Waals surface area contributed by atoms with Crippen molar-refractivity contribution in [1.82, 2.24) is 0 Å². The average Bonchev–Trinajstić information content (AvgIpc) is 2.36. The lowest BCUT2D eigenvalue weighted by Crippen LogP contribution is -2.59. The Morgan fingerprint density at radius 2 is 1.95 bits per heavy atom. The molecule has 1 aliphatic rings. The second-order valence-corrected chi connectivity index (χ2v) is 4.55. The highest BCUT2D eigenvalue weighted by Crippen LogP contribution is 2.22. The Morgan fingerprint density at radius 1 is 1.26 bits per heavy atom. The van der Waals surface area contributed by atoms with E-state index in [1.165, 1.54) is 0 Å². The third-order valence-electron chi connectivity index (χ3n) is 2.89. The number of aliphatic hydroxyl groups excluding tert-OH is 3. The Kier molecular flexibility index (Phi) is 6.67. The van der Waals surface area contributed by atoms with Gasteiger partial charge in [0.1, 0.15) is 18.3 Å². The van der Waals surface area contributed by atoms with Gasteiger partial charge in [0.15, 0.2) is 12.4 Å². The van der Waals surface area contributed by atoms with E-state index in [2.05, 4.69) is 0 Å². The van der Waals surface area contributed by atoms with E-state index < -0.39 is 36.7 Å². The highest BCUT2D eigenvalue weighted by molar-refractivity contribution is 5.66. The molecule has 0 aromatic heterocycles. The Hall–Kier alpha value is -0.730. The number of hydrogen-bond donors (Lipinski definition) is 3. The van der Waals surface area contributed by atoms with Crippen LogP contribution in [0, 0.1) is 0 Å². The molecule has 7 nitrogen and oxygen atoms in total. The van der Waals surface area contributed by atoms with E-state index in [9.17, 15) is 20.1 Å². The van der Waals surface area contributed by atoms with Crippen molar-refractivity contribution in [3.63, 3.8) is 0 Å². The minimum Gasteiger partial charge on any atom is -0.454 e. The van der Waals surface area contributed by atoms with Crippen LogP contribution in [-0.4, -0.2) is 65.2 Å². The zero-order valence-electron chi connectivity index (χ0n) is 11.2. The second-order valence-electron chi connectivity index (χ2n) is 4.55. The Labute approximate surface area is 112 Å². The van der Waals surface area contributed by atoms with Gasteiger partial charge in [-0.15, -0.1) is 0 Å². The fraction of sp³-hybridized carbons (Fsp3) is 0.917. The molecule has 1 rings (SSSR count). The molecule has 0 saturated carbocycles. The first-order valence-corrected chi connectivity index (χ1v) is 6.42. The number of carbonyl (C=O) groups excluding carboxylic acids is 1. The topological polar surface area (TPSA) is 105 Å². The largest absolute Gasteiger partial charge is 0.454 e. The highest BCUT2D eigenvalue weighted by atomic mass is 16.7. The lowest BCUT2D eigenvalue weighted by Gasteiger charge is -2.39. The van der Waals surface area contributed by atoms with E-state index in [1.54, 1.807) is 0 Å². The molecule has 0 aliphatic carbocycles. The van der Waals surface area contributed by atoms with Crippen molar-refractivity contribution in [2.45, 2.75) is 57.4 Å². The van der Waals surface area contributed by atoms with Crippen LogP contribution in [-0.2, 0) is 19.0 Å². The number of ether oxygens (including phenoxy) is 3. The van der Waals surface area contributed by atoms with Crippen LogP contribution in [0.1, 0.15) is 26.7 Å². The molecule has 5 atom stereocenters. The van der Waals surface area contributed by atoms with Gasteiger partial charge in [0.05, 0.1) is 6.61 Å². The molecule has 7 heteroatoms. The molecular weight excluding hydrogens is 256 g/mol. The van der Waals surface area contributed by atoms with Gasteiger partial charge in [0.2, 0.25) is 0 Å². The maximum absolute atomic E-state index is 10.8. The Balaban J connectivity index is 2.49. The normalized spacial score (nSPS) is 35.1. The van der Waals surface area contributed by atoms with Gasteiger partial charge in [-0.1, -0.05) is 13.3 Å². The zero-order valence-corrected chi connectivity index (χ0v) is 11.2. The molecular formula is C12H22O7. The second kappa shape index (κ2) is 7.76. The molecule has 1 saturated heterocycles. The van der Waals surface area contributed by atoms with Gasteiger partial charge in [-0.05, 0) is 6.42 Å². The summed E-state index contributed by atoms with van der Waals surface area (Å²) in [4.78, 5) is 10.8. The number of hydrogen-bond acceptors (Lipinski definition) is 7. The van der Waals surface area contributed by atoms with Gasteiger partial charge < -0.3 is 29.5 Å². The van der Waals surface area contributed by atoms with Gasteiger partial charge in [0.25, 0.3) is 0 Å². The van der Waals surface area contributed by atoms with E-state index in [4.69, 9.17) is 14.2 Å². The molecule has 1 fully saturated rings. The smallest absolute Gasteiger partial charge is 0.303 e. The van der Waals surface area contributed by atoms with E-state index in [0.29, 0.717) is 6.61 Å². The molecule has 1 aliphatic heterocycles. The van der Waals surface area contributed by atoms with E-state index in [-0.39, 0.29) is 6.61 Å². The maximum atomic E-state index is 10.8. The molecule has 1 heterocycles. The minimum atomic E-state index is -1.48. The van der Waals surface area contributed by atoms with Crippen molar-refractivity contribution in [3.8, 4) is 0 Å². The van der Waals surface area contributed by atoms with Crippen LogP contribution in [0.2, 0.25) is 0 Å². The van der Waals surface area contributed by atoms with Gasteiger partial charge in [0, 0.05) is 13.5 Å². The van der Waals surface area contributed by atoms with Crippen LogP contribution in [0.25, 0.3) is 0 Å². The van der Waals surface area contributed by atoms with Crippen LogP contribution in [0.5, 0.6) is 0 Å². The third-order valence-corrected chi connectivity index (χ3v) is 2.89. The van der Waals surface area contributed by atoms with Crippen molar-refractivity contribution >= 4 is 5.97 Å². The van der Waals surface area contributed by atoms with Crippen molar-refractivity contribution < 1.29 is 34.3 Å². The SMILES string of the molecule is CCCCOCC1O[C@H](O)[C@H](OC(C)=O)C(O)[C@@H]1O. The highest BCUT2D eigenvalue weighted by Gasteiger charge is 2.45. The van der Waals surface area contributed by atoms with Crippen LogP contribution in [0.3, 0.4) is 0 Å². The molecule has 112 valence electrons. The third kappa shape index (κ3) is 4.70. The summed E-state index contributed by atoms with van der Waals surface area (Å²) in [6.45, 7) is 3.74. The molecule has 0 spiro atoms. The van der Waals surface area contributed by atoms with Crippen LogP contribution >= 0.6 is 0 Å². The lowest BCUT2D eigenvalue weighted by molar-refractivity contribution is -0.292. The molecule has 0 aromatic carbocycles. The summed E-state index contributed by atoms with van der Waals surface area (Å²) in [6.07, 6.45) is -4.46. The summed E-state index contributed by atoms with van der Waals surface area (Å²) in [5, 5.41) is 29.3. The van der Waals surface area contributed by atoms with Crippen LogP contribution in [0.4, 0.5) is 0 Å². The van der Waals surface area contributed by atoms with Crippen molar-refractivity contribution in [3.05, 3.63) is 0 Å². The molecule has 19 heavy (non-hydrogen) atoms. The van der Waals surface area contributed by atoms with Crippen LogP contribution in [0.15, 0.2) is 0 Å². The van der Waals surface area contributed by atoms with E-state index >= 15 is 0 Å². The van der Waals surface area contributed by atoms with Gasteiger partial charge in [-0.25, -0.2) is 0 Å². The first-order chi connectivity index (χ1) is 8.97. The predicted octanol–water partition coefficient (Wildman–Crippen LogP) is -0.826. The Bertz CT molecular complexity index is 283. The summed E-state index contributed by atoms with van der Waals surface area (Å²) in [7, 11) is 0. The monoisotopic (exact) mass is 278 g/mol. The average molecular weight is 278 g/mol. The fourth-order valence-electron chi connectivity index (χ4n) is 1.82. The first kappa shape index (κ1) is 16.3. The number of unbranched alkanes of at least 4 members (excludes halogenated alkanes) is 1. The zero-order chi connectivity index (χ0) is 14.4. The van der Waals surface area contributed by atoms with E-state index in [1.807, 2.05) is 6.92 Å². The lowest BCUT2D eigenvalue weighted by atomic mass is 9.99. The quantitative estimate of drug-likeness (QED) is 0.430. The van der Waals surface area contributed by atoms with Crippen molar-refractivity contribution in [2.75, 3.05) is 13.2 Å². The molecule has 3 N–H and O–H groups in total. The van der Waals surface area contributed by atoms with Crippen molar-refractivity contribution in [2.24, 2.45) is 0 Å². The summed E-state index contributed by atoms with van der Waals surface area (Å²) >= 11 is 0. The number of rotatable bonds is 6. The molecule has 0 bridgehead atoms. The van der Waals surface area contributed by atoms with Crippen molar-refractivity contribution in [1.29, 1.82) is 0 Å². The maximum Gasteiger partial charge on any atom is 0.303 e. The summed E-state index contributed by atoms with van der Waals surface area (Å²) in [5.41, 5.74) is 0. The number of esters is 1. The summed E-state index contributed by atoms with van der Waals surface area (Å²) in [6, 6.07) is 0. The molecule has 2 unspecified atom stereocenters. The Morgan fingerprint density at radius 3 is 2.53 bits per heavy atom. The minimum absolute atomic E-state index is 0.0576. The number of carbonyl (C=O) groups is 1. The number of aliphatic hydroxyl groups is 3. The molecule has 0 radical (unpaired) electrons. The van der Waals surface area contributed by atoms with Gasteiger partial charge in [-0.2, -0.15) is 0 Å². The summed E-state index contributed by atoms with van der Waals surface area (Å²) < 4.78 is 15.1. The predicted molar refractivity (Wildman–Crippen MR) is 64.2 cm³/mol. The molecule has 0 amide bonds. The summed E-state index contributed by atoms with van der Waals surface area (Å²) in [5.74, 6) is -0.670.